The predicted octanol–water partition coefficient (Wildman–Crippen LogP) is 6.29. The van der Waals surface area contributed by atoms with Gasteiger partial charge in [0, 0.05) is 27.1 Å². The molecule has 0 saturated heterocycles. The molecule has 0 unspecified atom stereocenters. The third-order valence-corrected chi connectivity index (χ3v) is 6.90. The van der Waals surface area contributed by atoms with Gasteiger partial charge in [-0.1, -0.05) is 59.6 Å². The third-order valence-electron chi connectivity index (χ3n) is 5.23. The van der Waals surface area contributed by atoms with E-state index in [2.05, 4.69) is 10.6 Å². The summed E-state index contributed by atoms with van der Waals surface area (Å²) in [6.07, 6.45) is -3.37. The summed E-state index contributed by atoms with van der Waals surface area (Å²) in [5.74, 6) is -2.58. The predicted molar refractivity (Wildman–Crippen MR) is 146 cm³/mol. The fourth-order valence-corrected chi connectivity index (χ4v) is 4.69. The Hall–Kier alpha value is -3.47. The summed E-state index contributed by atoms with van der Waals surface area (Å²) in [6, 6.07) is 15.8. The highest BCUT2D eigenvalue weighted by Crippen LogP contribution is 2.29. The number of nitrogens with one attached hydrogen (secondary N) is 2. The van der Waals surface area contributed by atoms with Crippen LogP contribution in [0.3, 0.4) is 0 Å². The Morgan fingerprint density at radius 1 is 0.974 bits per heavy atom. The van der Waals surface area contributed by atoms with Gasteiger partial charge in [0.2, 0.25) is 0 Å². The van der Waals surface area contributed by atoms with E-state index in [4.69, 9.17) is 23.2 Å². The van der Waals surface area contributed by atoms with Crippen LogP contribution < -0.4 is 10.6 Å². The second-order valence-corrected chi connectivity index (χ2v) is 9.99. The normalized spacial score (nSPS) is 12.5. The number of hydrogen-bond donors (Lipinski definition) is 3. The summed E-state index contributed by atoms with van der Waals surface area (Å²) in [4.78, 5) is 37.8. The number of carbonyl (C=O) groups is 3. The number of carbonyl (C=O) groups excluding carboxylic acids is 2. The van der Waals surface area contributed by atoms with Crippen LogP contribution in [0, 0.1) is 0 Å². The molecule has 3 aromatic carbocycles. The van der Waals surface area contributed by atoms with E-state index in [1.54, 1.807) is 0 Å². The van der Waals surface area contributed by atoms with E-state index in [0.717, 1.165) is 29.8 Å². The van der Waals surface area contributed by atoms with E-state index >= 15 is 0 Å². The lowest BCUT2D eigenvalue weighted by atomic mass is 10.1. The van der Waals surface area contributed by atoms with Gasteiger partial charge >= 0.3 is 12.1 Å². The van der Waals surface area contributed by atoms with Crippen molar-refractivity contribution in [2.24, 2.45) is 0 Å². The van der Waals surface area contributed by atoms with Gasteiger partial charge < -0.3 is 15.7 Å². The lowest BCUT2D eigenvalue weighted by molar-refractivity contribution is -0.140. The molecule has 6 nitrogen and oxygen atoms in total. The standard InChI is InChI=1S/C27H21Cl2F3N2O4S/c28-20-11-8-18(21(29)13-20)12-22(33-24(35)17-6-9-19(10-7-17)27(30,31)32)25(36)34-23(26(37)38)15-39-14-16-4-2-1-3-5-16/h1-13,23H,14-15H2,(H,33,35)(H,34,36)(H,37,38)/b22-12+/t23-/m0/s1. The topological polar surface area (TPSA) is 95.5 Å². The molecule has 3 aromatic rings. The van der Waals surface area contributed by atoms with Crippen molar-refractivity contribution in [3.8, 4) is 0 Å². The number of thioether (sulfide) groups is 1. The first-order chi connectivity index (χ1) is 18.4. The van der Waals surface area contributed by atoms with Crippen molar-refractivity contribution >= 4 is 58.8 Å². The fourth-order valence-electron chi connectivity index (χ4n) is 3.22. The zero-order valence-corrected chi connectivity index (χ0v) is 22.3. The van der Waals surface area contributed by atoms with E-state index in [0.29, 0.717) is 10.8 Å². The number of aliphatic carboxylic acids is 1. The largest absolute Gasteiger partial charge is 0.480 e. The van der Waals surface area contributed by atoms with Gasteiger partial charge in [-0.05, 0) is 53.6 Å². The average molecular weight is 597 g/mol. The molecule has 12 heteroatoms. The first-order valence-corrected chi connectivity index (χ1v) is 13.2. The van der Waals surface area contributed by atoms with Gasteiger partial charge in [0.1, 0.15) is 11.7 Å². The molecule has 0 aliphatic rings. The van der Waals surface area contributed by atoms with E-state index < -0.39 is 35.6 Å². The van der Waals surface area contributed by atoms with Crippen LogP contribution in [-0.2, 0) is 21.5 Å². The zero-order chi connectivity index (χ0) is 28.6. The molecular weight excluding hydrogens is 576 g/mol. The first kappa shape index (κ1) is 30.1. The highest BCUT2D eigenvalue weighted by molar-refractivity contribution is 7.98. The molecule has 3 N–H and O–H groups in total. The maximum Gasteiger partial charge on any atom is 0.416 e. The van der Waals surface area contributed by atoms with Crippen LogP contribution in [0.5, 0.6) is 0 Å². The van der Waals surface area contributed by atoms with Crippen LogP contribution in [0.25, 0.3) is 6.08 Å². The molecule has 3 rings (SSSR count). The maximum atomic E-state index is 13.1. The minimum absolute atomic E-state index is 0.0256. The van der Waals surface area contributed by atoms with Crippen LogP contribution in [0.4, 0.5) is 13.2 Å². The van der Waals surface area contributed by atoms with Crippen molar-refractivity contribution in [1.29, 1.82) is 0 Å². The summed E-state index contributed by atoms with van der Waals surface area (Å²) in [7, 11) is 0. The Kier molecular flexibility index (Phi) is 10.4. The molecule has 0 aromatic heterocycles. The van der Waals surface area contributed by atoms with Gasteiger partial charge in [-0.2, -0.15) is 24.9 Å². The summed E-state index contributed by atoms with van der Waals surface area (Å²) in [5, 5.41) is 14.8. The smallest absolute Gasteiger partial charge is 0.416 e. The van der Waals surface area contributed by atoms with Crippen molar-refractivity contribution in [2.45, 2.75) is 18.0 Å². The summed E-state index contributed by atoms with van der Waals surface area (Å²) in [6.45, 7) is 0. The number of benzene rings is 3. The molecule has 0 aliphatic carbocycles. The zero-order valence-electron chi connectivity index (χ0n) is 20.0. The van der Waals surface area contributed by atoms with Crippen molar-refractivity contribution < 1.29 is 32.7 Å². The molecule has 204 valence electrons. The molecular formula is C27H21Cl2F3N2O4S. The number of hydrogen-bond acceptors (Lipinski definition) is 4. The van der Waals surface area contributed by atoms with Gasteiger partial charge in [0.25, 0.3) is 11.8 Å². The lowest BCUT2D eigenvalue weighted by Gasteiger charge is -2.17. The summed E-state index contributed by atoms with van der Waals surface area (Å²) >= 11 is 13.4. The molecule has 1 atom stereocenters. The molecule has 0 radical (unpaired) electrons. The number of carboxylic acids is 1. The summed E-state index contributed by atoms with van der Waals surface area (Å²) in [5.41, 5.74) is -0.220. The Morgan fingerprint density at radius 2 is 1.64 bits per heavy atom. The molecule has 0 aliphatic heterocycles. The van der Waals surface area contributed by atoms with Gasteiger partial charge in [-0.3, -0.25) is 9.59 Å². The molecule has 0 fully saturated rings. The Balaban J connectivity index is 1.81. The van der Waals surface area contributed by atoms with E-state index in [-0.39, 0.29) is 27.6 Å². The Bertz CT molecular complexity index is 1370. The van der Waals surface area contributed by atoms with Gasteiger partial charge in [0.15, 0.2) is 0 Å². The summed E-state index contributed by atoms with van der Waals surface area (Å²) < 4.78 is 38.6. The van der Waals surface area contributed by atoms with Gasteiger partial charge in [-0.25, -0.2) is 4.79 Å². The van der Waals surface area contributed by atoms with Crippen LogP contribution in [0.15, 0.2) is 78.5 Å². The number of halogens is 5. The van der Waals surface area contributed by atoms with Gasteiger partial charge in [0.05, 0.1) is 5.56 Å². The second kappa shape index (κ2) is 13.5. The Morgan fingerprint density at radius 3 is 2.23 bits per heavy atom. The van der Waals surface area contributed by atoms with Gasteiger partial charge in [-0.15, -0.1) is 0 Å². The monoisotopic (exact) mass is 596 g/mol. The van der Waals surface area contributed by atoms with E-state index in [1.165, 1.54) is 36.0 Å². The number of carboxylic acid groups (broad SMARTS) is 1. The molecule has 0 bridgehead atoms. The average Bonchev–Trinajstić information content (AvgIpc) is 2.89. The number of rotatable bonds is 10. The van der Waals surface area contributed by atoms with Crippen molar-refractivity contribution in [2.75, 3.05) is 5.75 Å². The lowest BCUT2D eigenvalue weighted by Crippen LogP contribution is -2.45. The third kappa shape index (κ3) is 9.05. The number of alkyl halides is 3. The van der Waals surface area contributed by atoms with Crippen LogP contribution in [0.1, 0.15) is 27.0 Å². The fraction of sp³-hybridized carbons (Fsp3) is 0.148. The molecule has 2 amide bonds. The van der Waals surface area contributed by atoms with Crippen LogP contribution >= 0.6 is 35.0 Å². The first-order valence-electron chi connectivity index (χ1n) is 11.2. The highest BCUT2D eigenvalue weighted by atomic mass is 35.5. The minimum atomic E-state index is -4.59. The van der Waals surface area contributed by atoms with Crippen molar-refractivity contribution in [1.82, 2.24) is 10.6 Å². The SMILES string of the molecule is O=C(N[C@@H](CSCc1ccccc1)C(=O)O)/C(=C\c1ccc(Cl)cc1Cl)NC(=O)c1ccc(C(F)(F)F)cc1. The van der Waals surface area contributed by atoms with E-state index in [1.807, 2.05) is 30.3 Å². The second-order valence-electron chi connectivity index (χ2n) is 8.12. The maximum absolute atomic E-state index is 13.1. The highest BCUT2D eigenvalue weighted by Gasteiger charge is 2.30. The molecule has 39 heavy (non-hydrogen) atoms. The van der Waals surface area contributed by atoms with Crippen molar-refractivity contribution in [3.05, 3.63) is 111 Å². The van der Waals surface area contributed by atoms with Crippen molar-refractivity contribution in [3.63, 3.8) is 0 Å². The van der Waals surface area contributed by atoms with E-state index in [9.17, 15) is 32.7 Å². The van der Waals surface area contributed by atoms with Crippen LogP contribution in [-0.4, -0.2) is 34.7 Å². The van der Waals surface area contributed by atoms with Crippen LogP contribution in [0.2, 0.25) is 10.0 Å². The minimum Gasteiger partial charge on any atom is -0.480 e. The molecule has 0 spiro atoms. The number of amides is 2. The quantitative estimate of drug-likeness (QED) is 0.239. The molecule has 0 saturated carbocycles. The Labute approximate surface area is 236 Å². The molecule has 0 heterocycles.